The molecule has 40 heavy (non-hydrogen) atoms. The highest BCUT2D eigenvalue weighted by atomic mass is 35.5. The minimum absolute atomic E-state index is 0.0782. The van der Waals surface area contributed by atoms with Crippen LogP contribution in [0, 0.1) is 6.92 Å². The number of imidazole rings is 1. The quantitative estimate of drug-likeness (QED) is 0.224. The molecule has 0 spiro atoms. The predicted octanol–water partition coefficient (Wildman–Crippen LogP) is 7.28. The summed E-state index contributed by atoms with van der Waals surface area (Å²) in [6, 6.07) is 10.8. The third-order valence-corrected chi connectivity index (χ3v) is 7.11. The van der Waals surface area contributed by atoms with Gasteiger partial charge in [-0.05, 0) is 43.7 Å². The first-order valence-electron chi connectivity index (χ1n) is 12.4. The van der Waals surface area contributed by atoms with Crippen LogP contribution in [0.15, 0.2) is 61.1 Å². The molecule has 7 nitrogen and oxygen atoms in total. The maximum absolute atomic E-state index is 13.2. The molecular weight excluding hydrogens is 543 g/mol. The topological polar surface area (TPSA) is 98.6 Å². The number of anilines is 1. The van der Waals surface area contributed by atoms with Crippen molar-refractivity contribution < 1.29 is 23.0 Å². The van der Waals surface area contributed by atoms with Crippen molar-refractivity contribution in [1.82, 2.24) is 19.4 Å². The molecule has 206 valence electrons. The number of phenols is 1. The molecule has 0 radical (unpaired) electrons. The van der Waals surface area contributed by atoms with E-state index in [1.54, 1.807) is 43.6 Å². The van der Waals surface area contributed by atoms with E-state index in [2.05, 4.69) is 9.97 Å². The second-order valence-electron chi connectivity index (χ2n) is 9.26. The Hall–Kier alpha value is -4.31. The van der Waals surface area contributed by atoms with E-state index >= 15 is 0 Å². The van der Waals surface area contributed by atoms with Crippen LogP contribution in [0.2, 0.25) is 5.02 Å². The van der Waals surface area contributed by atoms with E-state index in [9.17, 15) is 18.3 Å². The summed E-state index contributed by atoms with van der Waals surface area (Å²) in [5.41, 5.74) is 9.35. The van der Waals surface area contributed by atoms with Crippen molar-refractivity contribution in [2.45, 2.75) is 32.9 Å². The predicted molar refractivity (Wildman–Crippen MR) is 148 cm³/mol. The number of hydrogen-bond acceptors (Lipinski definition) is 6. The average Bonchev–Trinajstić information content (AvgIpc) is 3.31. The summed E-state index contributed by atoms with van der Waals surface area (Å²) < 4.78 is 47.5. The summed E-state index contributed by atoms with van der Waals surface area (Å²) in [5.74, 6) is 0.988. The van der Waals surface area contributed by atoms with Crippen LogP contribution >= 0.6 is 11.6 Å². The van der Waals surface area contributed by atoms with E-state index in [-0.39, 0.29) is 11.6 Å². The van der Waals surface area contributed by atoms with Crippen molar-refractivity contribution in [2.24, 2.45) is 0 Å². The van der Waals surface area contributed by atoms with Crippen LogP contribution in [0.25, 0.3) is 27.9 Å². The van der Waals surface area contributed by atoms with E-state index in [0.29, 0.717) is 62.2 Å². The Morgan fingerprint density at radius 3 is 2.55 bits per heavy atom. The standard InChI is InChI=1S/C29H25ClF3N5O2/c1-4-40-26-20(13-21(30)16(3)23(26)18-8-9-22(36-14-18)29(31,32)33)15(2)28-37-24(17-6-5-7-19(39)12-17)25-27(34)35-10-11-38(25)28/h5-15,39H,4H2,1-3H3,(H2,34,35). The number of alkyl halides is 3. The summed E-state index contributed by atoms with van der Waals surface area (Å²) in [6.07, 6.45) is -0.0727. The second kappa shape index (κ2) is 10.3. The van der Waals surface area contributed by atoms with E-state index in [1.165, 1.54) is 12.3 Å². The molecular formula is C29H25ClF3N5O2. The highest BCUT2D eigenvalue weighted by molar-refractivity contribution is 6.32. The van der Waals surface area contributed by atoms with E-state index in [1.807, 2.05) is 24.3 Å². The molecule has 0 fully saturated rings. The Labute approximate surface area is 233 Å². The zero-order valence-electron chi connectivity index (χ0n) is 21.8. The number of ether oxygens (including phenoxy) is 1. The molecule has 5 aromatic rings. The maximum Gasteiger partial charge on any atom is 0.433 e. The van der Waals surface area contributed by atoms with Gasteiger partial charge in [-0.3, -0.25) is 9.38 Å². The first-order chi connectivity index (χ1) is 19.0. The largest absolute Gasteiger partial charge is 0.508 e. The average molecular weight is 568 g/mol. The lowest BCUT2D eigenvalue weighted by molar-refractivity contribution is -0.141. The highest BCUT2D eigenvalue weighted by Crippen LogP contribution is 2.45. The van der Waals surface area contributed by atoms with Crippen molar-refractivity contribution >= 4 is 22.9 Å². The number of nitrogens with two attached hydrogens (primary N) is 1. The van der Waals surface area contributed by atoms with Gasteiger partial charge in [0.25, 0.3) is 0 Å². The summed E-state index contributed by atoms with van der Waals surface area (Å²) >= 11 is 6.70. The fourth-order valence-corrected chi connectivity index (χ4v) is 5.02. The van der Waals surface area contributed by atoms with E-state index in [4.69, 9.17) is 27.1 Å². The molecule has 3 heterocycles. The Bertz CT molecular complexity index is 1720. The van der Waals surface area contributed by atoms with Crippen molar-refractivity contribution in [1.29, 1.82) is 0 Å². The van der Waals surface area contributed by atoms with Gasteiger partial charge in [-0.15, -0.1) is 0 Å². The second-order valence-corrected chi connectivity index (χ2v) is 9.67. The van der Waals surface area contributed by atoms with Gasteiger partial charge in [0, 0.05) is 51.8 Å². The minimum Gasteiger partial charge on any atom is -0.508 e. The zero-order chi connectivity index (χ0) is 28.8. The summed E-state index contributed by atoms with van der Waals surface area (Å²) in [6.45, 7) is 5.83. The van der Waals surface area contributed by atoms with E-state index in [0.717, 1.165) is 6.07 Å². The lowest BCUT2D eigenvalue weighted by Gasteiger charge is -2.22. The molecule has 0 saturated heterocycles. The van der Waals surface area contributed by atoms with Gasteiger partial charge in [0.15, 0.2) is 0 Å². The number of rotatable bonds is 6. The van der Waals surface area contributed by atoms with Gasteiger partial charge in [0.1, 0.15) is 40.0 Å². The van der Waals surface area contributed by atoms with Gasteiger partial charge in [0.2, 0.25) is 0 Å². The van der Waals surface area contributed by atoms with Crippen molar-refractivity contribution in [3.63, 3.8) is 0 Å². The maximum atomic E-state index is 13.2. The van der Waals surface area contributed by atoms with Crippen LogP contribution < -0.4 is 10.5 Å². The SMILES string of the molecule is CCOc1c(C(C)c2nc(-c3cccc(O)c3)c3c(N)nccn23)cc(Cl)c(C)c1-c1ccc(C(F)(F)F)nc1. The lowest BCUT2D eigenvalue weighted by atomic mass is 9.91. The van der Waals surface area contributed by atoms with Gasteiger partial charge in [-0.25, -0.2) is 9.97 Å². The smallest absolute Gasteiger partial charge is 0.433 e. The molecule has 3 aromatic heterocycles. The third-order valence-electron chi connectivity index (χ3n) is 6.72. The summed E-state index contributed by atoms with van der Waals surface area (Å²) in [4.78, 5) is 12.8. The number of hydrogen-bond donors (Lipinski definition) is 2. The number of benzene rings is 2. The van der Waals surface area contributed by atoms with Crippen molar-refractivity contribution in [3.05, 3.63) is 88.7 Å². The van der Waals surface area contributed by atoms with Crippen LogP contribution in [0.1, 0.15) is 42.4 Å². The number of nitrogen functional groups attached to an aromatic ring is 1. The van der Waals surface area contributed by atoms with Crippen molar-refractivity contribution in [3.8, 4) is 33.9 Å². The van der Waals surface area contributed by atoms with Crippen LogP contribution in [-0.2, 0) is 6.18 Å². The number of fused-ring (bicyclic) bond motifs is 1. The van der Waals surface area contributed by atoms with Gasteiger partial charge in [0.05, 0.1) is 6.61 Å². The minimum atomic E-state index is -4.56. The Kier molecular flexibility index (Phi) is 7.05. The molecule has 0 aliphatic carbocycles. The molecule has 1 atom stereocenters. The molecule has 0 amide bonds. The number of halogens is 4. The van der Waals surface area contributed by atoms with E-state index < -0.39 is 17.8 Å². The van der Waals surface area contributed by atoms with Gasteiger partial charge in [-0.1, -0.05) is 36.7 Å². The van der Waals surface area contributed by atoms with Crippen molar-refractivity contribution in [2.75, 3.05) is 12.3 Å². The van der Waals surface area contributed by atoms with Gasteiger partial charge in [-0.2, -0.15) is 13.2 Å². The van der Waals surface area contributed by atoms with Crippen LogP contribution in [0.5, 0.6) is 11.5 Å². The fourth-order valence-electron chi connectivity index (χ4n) is 4.81. The van der Waals surface area contributed by atoms with Crippen LogP contribution in [0.4, 0.5) is 19.0 Å². The lowest BCUT2D eigenvalue weighted by Crippen LogP contribution is -2.09. The molecule has 11 heteroatoms. The van der Waals surface area contributed by atoms with Crippen LogP contribution in [-0.4, -0.2) is 31.1 Å². The Morgan fingerprint density at radius 1 is 1.12 bits per heavy atom. The van der Waals surface area contributed by atoms with Crippen LogP contribution in [0.3, 0.4) is 0 Å². The number of aromatic hydroxyl groups is 1. The van der Waals surface area contributed by atoms with Gasteiger partial charge >= 0.3 is 6.18 Å². The zero-order valence-corrected chi connectivity index (χ0v) is 22.5. The normalized spacial score (nSPS) is 12.6. The van der Waals surface area contributed by atoms with Gasteiger partial charge < -0.3 is 15.6 Å². The number of nitrogens with zero attached hydrogens (tertiary/aromatic N) is 4. The number of aromatic nitrogens is 4. The monoisotopic (exact) mass is 567 g/mol. The molecule has 3 N–H and O–H groups in total. The summed E-state index contributed by atoms with van der Waals surface area (Å²) in [5, 5.41) is 10.5. The molecule has 0 aliphatic heterocycles. The molecule has 0 aliphatic rings. The number of phenolic OH excluding ortho intramolecular Hbond substituents is 1. The third kappa shape index (κ3) is 4.79. The Morgan fingerprint density at radius 2 is 1.90 bits per heavy atom. The first-order valence-corrected chi connectivity index (χ1v) is 12.8. The molecule has 2 aromatic carbocycles. The molecule has 5 rings (SSSR count). The Balaban J connectivity index is 1.73. The molecule has 1 unspecified atom stereocenters. The molecule has 0 bridgehead atoms. The summed E-state index contributed by atoms with van der Waals surface area (Å²) in [7, 11) is 0. The molecule has 0 saturated carbocycles. The first kappa shape index (κ1) is 27.3. The fraction of sp³-hybridized carbons (Fsp3) is 0.207. The number of pyridine rings is 1. The highest BCUT2D eigenvalue weighted by Gasteiger charge is 2.33.